The van der Waals surface area contributed by atoms with Crippen molar-refractivity contribution in [3.8, 4) is 0 Å². The largest absolute Gasteiger partial charge is 0.381 e. The fourth-order valence-electron chi connectivity index (χ4n) is 2.92. The summed E-state index contributed by atoms with van der Waals surface area (Å²) in [4.78, 5) is 0. The zero-order valence-electron chi connectivity index (χ0n) is 12.0. The summed E-state index contributed by atoms with van der Waals surface area (Å²) in [5, 5.41) is 3.69. The molecule has 0 aliphatic heterocycles. The van der Waals surface area contributed by atoms with Gasteiger partial charge in [-0.2, -0.15) is 0 Å². The maximum absolute atomic E-state index is 5.67. The van der Waals surface area contributed by atoms with E-state index in [0.717, 1.165) is 32.1 Å². The van der Waals surface area contributed by atoms with Crippen LogP contribution in [0, 0.1) is 12.8 Å². The lowest BCUT2D eigenvalue weighted by Gasteiger charge is -2.14. The van der Waals surface area contributed by atoms with Crippen molar-refractivity contribution in [2.24, 2.45) is 5.92 Å². The molecule has 104 valence electrons. The Morgan fingerprint density at radius 2 is 2.16 bits per heavy atom. The molecule has 0 radical (unpaired) electrons. The van der Waals surface area contributed by atoms with E-state index in [4.69, 9.17) is 4.74 Å². The average Bonchev–Trinajstić information content (AvgIpc) is 3.15. The lowest BCUT2D eigenvalue weighted by molar-refractivity contribution is 0.121. The van der Waals surface area contributed by atoms with Crippen LogP contribution in [-0.2, 0) is 11.2 Å². The molecule has 2 heteroatoms. The van der Waals surface area contributed by atoms with Crippen LogP contribution in [-0.4, -0.2) is 19.8 Å². The smallest absolute Gasteiger partial charge is 0.0494 e. The third-order valence-corrected chi connectivity index (χ3v) is 4.29. The molecule has 3 rings (SSSR count). The summed E-state index contributed by atoms with van der Waals surface area (Å²) in [6, 6.07) is 7.44. The van der Waals surface area contributed by atoms with Gasteiger partial charge >= 0.3 is 0 Å². The Bertz CT molecular complexity index is 425. The van der Waals surface area contributed by atoms with E-state index in [1.54, 1.807) is 0 Å². The highest BCUT2D eigenvalue weighted by Crippen LogP contribution is 2.31. The van der Waals surface area contributed by atoms with Gasteiger partial charge in [-0.05, 0) is 62.6 Å². The molecule has 0 bridgehead atoms. The molecule has 1 N–H and O–H groups in total. The lowest BCUT2D eigenvalue weighted by atomic mass is 10.1. The first-order valence-corrected chi connectivity index (χ1v) is 7.73. The van der Waals surface area contributed by atoms with Gasteiger partial charge in [-0.25, -0.2) is 0 Å². The molecule has 1 unspecified atom stereocenters. The third kappa shape index (κ3) is 3.58. The molecule has 2 nitrogen and oxygen atoms in total. The average molecular weight is 259 g/mol. The normalized spacial score (nSPS) is 21.6. The van der Waals surface area contributed by atoms with E-state index < -0.39 is 0 Å². The Hall–Kier alpha value is -0.860. The van der Waals surface area contributed by atoms with E-state index in [1.165, 1.54) is 42.4 Å². The minimum atomic E-state index is 0.568. The summed E-state index contributed by atoms with van der Waals surface area (Å²) in [7, 11) is 0. The van der Waals surface area contributed by atoms with Gasteiger partial charge in [0.2, 0.25) is 0 Å². The number of ether oxygens (including phenoxy) is 1. The summed E-state index contributed by atoms with van der Waals surface area (Å²) >= 11 is 0. The number of hydrogen-bond acceptors (Lipinski definition) is 2. The fourth-order valence-corrected chi connectivity index (χ4v) is 2.92. The number of aryl methyl sites for hydroxylation is 2. The van der Waals surface area contributed by atoms with Crippen molar-refractivity contribution in [1.29, 1.82) is 0 Å². The number of benzene rings is 1. The first kappa shape index (κ1) is 13.1. The Labute approximate surface area is 116 Å². The van der Waals surface area contributed by atoms with Crippen LogP contribution in [0.4, 0.5) is 0 Å². The topological polar surface area (TPSA) is 21.3 Å². The summed E-state index contributed by atoms with van der Waals surface area (Å²) < 4.78 is 5.67. The van der Waals surface area contributed by atoms with Crippen LogP contribution in [0.25, 0.3) is 0 Å². The Kier molecular flexibility index (Phi) is 4.19. The van der Waals surface area contributed by atoms with Crippen molar-refractivity contribution in [2.45, 2.75) is 45.1 Å². The maximum atomic E-state index is 5.67. The van der Waals surface area contributed by atoms with E-state index in [0.29, 0.717) is 6.04 Å². The van der Waals surface area contributed by atoms with E-state index in [2.05, 4.69) is 30.4 Å². The van der Waals surface area contributed by atoms with Gasteiger partial charge in [0.05, 0.1) is 0 Å². The molecule has 1 aromatic rings. The zero-order valence-corrected chi connectivity index (χ0v) is 12.0. The van der Waals surface area contributed by atoms with Crippen LogP contribution in [0.3, 0.4) is 0 Å². The van der Waals surface area contributed by atoms with Crippen LogP contribution in [0.1, 0.15) is 48.4 Å². The van der Waals surface area contributed by atoms with Crippen molar-refractivity contribution in [2.75, 3.05) is 19.8 Å². The predicted molar refractivity (Wildman–Crippen MR) is 78.4 cm³/mol. The minimum absolute atomic E-state index is 0.568. The number of rotatable bonds is 7. The highest BCUT2D eigenvalue weighted by atomic mass is 16.5. The van der Waals surface area contributed by atoms with Gasteiger partial charge in [0.25, 0.3) is 0 Å². The number of hydrogen-bond donors (Lipinski definition) is 1. The quantitative estimate of drug-likeness (QED) is 0.758. The van der Waals surface area contributed by atoms with Crippen molar-refractivity contribution in [3.05, 3.63) is 34.9 Å². The minimum Gasteiger partial charge on any atom is -0.381 e. The Morgan fingerprint density at radius 3 is 3.00 bits per heavy atom. The lowest BCUT2D eigenvalue weighted by Crippen LogP contribution is -2.21. The fraction of sp³-hybridized carbons (Fsp3) is 0.647. The van der Waals surface area contributed by atoms with Crippen LogP contribution >= 0.6 is 0 Å². The molecule has 0 spiro atoms. The Balaban J connectivity index is 1.38. The maximum Gasteiger partial charge on any atom is 0.0494 e. The van der Waals surface area contributed by atoms with Crippen LogP contribution < -0.4 is 5.32 Å². The van der Waals surface area contributed by atoms with E-state index in [1.807, 2.05) is 0 Å². The molecule has 0 heterocycles. The van der Waals surface area contributed by atoms with Gasteiger partial charge in [0.1, 0.15) is 0 Å². The molecule has 2 aliphatic carbocycles. The van der Waals surface area contributed by atoms with Gasteiger partial charge in [-0.1, -0.05) is 23.8 Å². The number of nitrogens with one attached hydrogen (secondary N) is 1. The Morgan fingerprint density at radius 1 is 1.26 bits per heavy atom. The molecule has 0 saturated heterocycles. The van der Waals surface area contributed by atoms with Crippen LogP contribution in [0.2, 0.25) is 0 Å². The van der Waals surface area contributed by atoms with Gasteiger partial charge in [-0.15, -0.1) is 0 Å². The SMILES string of the molecule is Cc1ccc2c(c1)C(NCCCOCC1CC1)CC2. The molecular formula is C17H25NO. The van der Waals surface area contributed by atoms with Crippen molar-refractivity contribution < 1.29 is 4.74 Å². The van der Waals surface area contributed by atoms with E-state index >= 15 is 0 Å². The van der Waals surface area contributed by atoms with Gasteiger partial charge < -0.3 is 10.1 Å². The molecule has 1 atom stereocenters. The molecule has 2 aliphatic rings. The first-order chi connectivity index (χ1) is 9.33. The van der Waals surface area contributed by atoms with Crippen molar-refractivity contribution in [3.63, 3.8) is 0 Å². The van der Waals surface area contributed by atoms with Crippen molar-refractivity contribution >= 4 is 0 Å². The second kappa shape index (κ2) is 6.06. The second-order valence-corrected chi connectivity index (χ2v) is 6.12. The number of fused-ring (bicyclic) bond motifs is 1. The predicted octanol–water partition coefficient (Wildman–Crippen LogP) is 3.39. The monoisotopic (exact) mass is 259 g/mol. The third-order valence-electron chi connectivity index (χ3n) is 4.29. The summed E-state index contributed by atoms with van der Waals surface area (Å²) in [5.74, 6) is 0.887. The van der Waals surface area contributed by atoms with E-state index in [-0.39, 0.29) is 0 Å². The summed E-state index contributed by atoms with van der Waals surface area (Å²) in [6.07, 6.45) is 6.38. The highest BCUT2D eigenvalue weighted by Gasteiger charge is 2.22. The molecular weight excluding hydrogens is 234 g/mol. The van der Waals surface area contributed by atoms with Crippen LogP contribution in [0.15, 0.2) is 18.2 Å². The standard InChI is InChI=1S/C17H25NO/c1-13-3-6-15-7-8-17(16(15)11-13)18-9-2-10-19-12-14-4-5-14/h3,6,11,14,17-18H,2,4-5,7-10,12H2,1H3. The molecule has 1 aromatic carbocycles. The van der Waals surface area contributed by atoms with Gasteiger partial charge in [0, 0.05) is 19.3 Å². The summed E-state index contributed by atoms with van der Waals surface area (Å²) in [6.45, 7) is 5.16. The molecule has 1 fully saturated rings. The molecule has 0 amide bonds. The molecule has 19 heavy (non-hydrogen) atoms. The van der Waals surface area contributed by atoms with Crippen LogP contribution in [0.5, 0.6) is 0 Å². The van der Waals surface area contributed by atoms with Gasteiger partial charge in [-0.3, -0.25) is 0 Å². The highest BCUT2D eigenvalue weighted by molar-refractivity contribution is 5.37. The molecule has 0 aromatic heterocycles. The van der Waals surface area contributed by atoms with E-state index in [9.17, 15) is 0 Å². The van der Waals surface area contributed by atoms with Gasteiger partial charge in [0.15, 0.2) is 0 Å². The first-order valence-electron chi connectivity index (χ1n) is 7.73. The summed E-state index contributed by atoms with van der Waals surface area (Å²) in [5.41, 5.74) is 4.44. The zero-order chi connectivity index (χ0) is 13.1. The second-order valence-electron chi connectivity index (χ2n) is 6.12. The molecule has 1 saturated carbocycles. The van der Waals surface area contributed by atoms with Crippen molar-refractivity contribution in [1.82, 2.24) is 5.32 Å².